The van der Waals surface area contributed by atoms with Gasteiger partial charge in [0.05, 0.1) is 18.0 Å². The number of hydrogen-bond donors (Lipinski definition) is 3. The fraction of sp³-hybridized carbons (Fsp3) is 0.364. The van der Waals surface area contributed by atoms with E-state index in [1.165, 1.54) is 6.07 Å². The van der Waals surface area contributed by atoms with Crippen LogP contribution in [0, 0.1) is 13.8 Å². The number of tetrazole rings is 1. The first-order chi connectivity index (χ1) is 9.44. The van der Waals surface area contributed by atoms with Crippen molar-refractivity contribution in [3.05, 3.63) is 34.6 Å². The first-order valence-electron chi connectivity index (χ1n) is 5.87. The Hall–Kier alpha value is -1.84. The van der Waals surface area contributed by atoms with Gasteiger partial charge in [0.2, 0.25) is 10.0 Å². The number of H-pyrrole nitrogens is 1. The van der Waals surface area contributed by atoms with E-state index in [1.807, 2.05) is 6.92 Å². The lowest BCUT2D eigenvalue weighted by molar-refractivity contribution is 0.280. The molecule has 0 bridgehead atoms. The Labute approximate surface area is 116 Å². The summed E-state index contributed by atoms with van der Waals surface area (Å²) in [5.41, 5.74) is 2.04. The number of rotatable bonds is 5. The fourth-order valence-electron chi connectivity index (χ4n) is 1.83. The predicted octanol–water partition coefficient (Wildman–Crippen LogP) is -0.213. The molecule has 8 nitrogen and oxygen atoms in total. The van der Waals surface area contributed by atoms with Crippen molar-refractivity contribution in [1.82, 2.24) is 25.3 Å². The van der Waals surface area contributed by atoms with Crippen LogP contribution in [0.4, 0.5) is 0 Å². The molecule has 108 valence electrons. The lowest BCUT2D eigenvalue weighted by atomic mass is 10.1. The van der Waals surface area contributed by atoms with Gasteiger partial charge in [0.15, 0.2) is 5.82 Å². The van der Waals surface area contributed by atoms with Crippen LogP contribution in [0.2, 0.25) is 0 Å². The average Bonchev–Trinajstić information content (AvgIpc) is 2.89. The van der Waals surface area contributed by atoms with E-state index in [4.69, 9.17) is 0 Å². The number of benzene rings is 1. The van der Waals surface area contributed by atoms with Crippen LogP contribution in [-0.2, 0) is 23.2 Å². The number of hydrogen-bond acceptors (Lipinski definition) is 6. The van der Waals surface area contributed by atoms with E-state index < -0.39 is 10.0 Å². The zero-order valence-corrected chi connectivity index (χ0v) is 11.9. The van der Waals surface area contributed by atoms with Gasteiger partial charge < -0.3 is 5.11 Å². The predicted molar refractivity (Wildman–Crippen MR) is 70.0 cm³/mol. The molecule has 1 heterocycles. The van der Waals surface area contributed by atoms with Crippen molar-refractivity contribution in [2.75, 3.05) is 0 Å². The fourth-order valence-corrected chi connectivity index (χ4v) is 3.08. The molecule has 9 heteroatoms. The minimum Gasteiger partial charge on any atom is -0.392 e. The minimum absolute atomic E-state index is 0.0550. The Bertz CT molecular complexity index is 697. The van der Waals surface area contributed by atoms with Crippen molar-refractivity contribution in [1.29, 1.82) is 0 Å². The quantitative estimate of drug-likeness (QED) is 0.702. The Balaban J connectivity index is 2.29. The van der Waals surface area contributed by atoms with Crippen molar-refractivity contribution in [3.8, 4) is 0 Å². The van der Waals surface area contributed by atoms with Gasteiger partial charge in [0, 0.05) is 0 Å². The van der Waals surface area contributed by atoms with E-state index in [9.17, 15) is 13.5 Å². The van der Waals surface area contributed by atoms with Crippen LogP contribution in [0.5, 0.6) is 0 Å². The molecule has 0 aliphatic carbocycles. The molecule has 0 saturated carbocycles. The Morgan fingerprint density at radius 3 is 2.65 bits per heavy atom. The molecule has 0 amide bonds. The normalized spacial score (nSPS) is 11.8. The van der Waals surface area contributed by atoms with Gasteiger partial charge in [-0.25, -0.2) is 13.1 Å². The van der Waals surface area contributed by atoms with Gasteiger partial charge in [0.25, 0.3) is 0 Å². The number of aliphatic hydroxyl groups is 1. The molecule has 2 aromatic rings. The summed E-state index contributed by atoms with van der Waals surface area (Å²) in [6.07, 6.45) is 0. The lowest BCUT2D eigenvalue weighted by Crippen LogP contribution is -2.25. The Morgan fingerprint density at radius 1 is 1.30 bits per heavy atom. The summed E-state index contributed by atoms with van der Waals surface area (Å²) in [6, 6.07) is 3.21. The third-order valence-corrected chi connectivity index (χ3v) is 4.45. The highest BCUT2D eigenvalue weighted by molar-refractivity contribution is 7.89. The van der Waals surface area contributed by atoms with Crippen LogP contribution in [0.25, 0.3) is 0 Å². The summed E-state index contributed by atoms with van der Waals surface area (Å²) in [6.45, 7) is 3.26. The second kappa shape index (κ2) is 5.65. The minimum atomic E-state index is -3.70. The molecule has 20 heavy (non-hydrogen) atoms. The van der Waals surface area contributed by atoms with Gasteiger partial charge in [-0.2, -0.15) is 5.21 Å². The topological polar surface area (TPSA) is 121 Å². The van der Waals surface area contributed by atoms with Gasteiger partial charge in [-0.15, -0.1) is 10.2 Å². The summed E-state index contributed by atoms with van der Waals surface area (Å²) in [5, 5.41) is 22.2. The summed E-state index contributed by atoms with van der Waals surface area (Å²) in [7, 11) is -3.70. The molecule has 0 saturated heterocycles. The first kappa shape index (κ1) is 14.6. The van der Waals surface area contributed by atoms with E-state index in [2.05, 4.69) is 25.3 Å². The molecule has 3 N–H and O–H groups in total. The van der Waals surface area contributed by atoms with Crippen molar-refractivity contribution in [2.45, 2.75) is 31.9 Å². The number of sulfonamides is 1. The number of nitrogens with zero attached hydrogens (tertiary/aromatic N) is 3. The molecule has 0 radical (unpaired) electrons. The SMILES string of the molecule is Cc1cc(C)c(S(=O)(=O)NCc2nn[nH]n2)cc1CO. The number of aryl methyl sites for hydroxylation is 2. The van der Waals surface area contributed by atoms with Crippen molar-refractivity contribution < 1.29 is 13.5 Å². The van der Waals surface area contributed by atoms with Crippen LogP contribution in [0.3, 0.4) is 0 Å². The Kier molecular flexibility index (Phi) is 4.12. The number of aromatic nitrogens is 4. The summed E-state index contributed by atoms with van der Waals surface area (Å²) >= 11 is 0. The van der Waals surface area contributed by atoms with Gasteiger partial charge in [-0.3, -0.25) is 0 Å². The highest BCUT2D eigenvalue weighted by Gasteiger charge is 2.19. The van der Waals surface area contributed by atoms with Crippen LogP contribution in [-0.4, -0.2) is 34.1 Å². The lowest BCUT2D eigenvalue weighted by Gasteiger charge is -2.11. The molecular formula is C11H15N5O3S. The van der Waals surface area contributed by atoms with E-state index in [0.717, 1.165) is 5.56 Å². The molecule has 1 aromatic heterocycles. The molecule has 0 fully saturated rings. The third kappa shape index (κ3) is 3.00. The maximum atomic E-state index is 12.2. The highest BCUT2D eigenvalue weighted by Crippen LogP contribution is 2.20. The maximum Gasteiger partial charge on any atom is 0.241 e. The molecule has 0 aliphatic rings. The summed E-state index contributed by atoms with van der Waals surface area (Å²) in [4.78, 5) is 0.135. The van der Waals surface area contributed by atoms with Crippen LogP contribution < -0.4 is 4.72 Å². The number of nitrogens with one attached hydrogen (secondary N) is 2. The third-order valence-electron chi connectivity index (χ3n) is 2.90. The van der Waals surface area contributed by atoms with Crippen molar-refractivity contribution in [3.63, 3.8) is 0 Å². The highest BCUT2D eigenvalue weighted by atomic mass is 32.2. The molecular weight excluding hydrogens is 282 g/mol. The zero-order chi connectivity index (χ0) is 14.8. The summed E-state index contributed by atoms with van der Waals surface area (Å²) < 4.78 is 26.9. The van der Waals surface area contributed by atoms with Crippen molar-refractivity contribution in [2.24, 2.45) is 0 Å². The zero-order valence-electron chi connectivity index (χ0n) is 11.1. The number of aliphatic hydroxyl groups excluding tert-OH is 1. The summed E-state index contributed by atoms with van der Waals surface area (Å²) in [5.74, 6) is 0.251. The van der Waals surface area contributed by atoms with Gasteiger partial charge >= 0.3 is 0 Å². The molecule has 0 aliphatic heterocycles. The van der Waals surface area contributed by atoms with Crippen LogP contribution >= 0.6 is 0 Å². The molecule has 0 atom stereocenters. The van der Waals surface area contributed by atoms with E-state index in [0.29, 0.717) is 11.1 Å². The maximum absolute atomic E-state index is 12.2. The standard InChI is InChI=1S/C11H15N5O3S/c1-7-3-8(2)10(4-9(7)6-17)20(18,19)12-5-11-13-15-16-14-11/h3-4,12,17H,5-6H2,1-2H3,(H,13,14,15,16). The average molecular weight is 297 g/mol. The van der Waals surface area contributed by atoms with E-state index in [1.54, 1.807) is 13.0 Å². The van der Waals surface area contributed by atoms with E-state index in [-0.39, 0.29) is 23.9 Å². The van der Waals surface area contributed by atoms with Gasteiger partial charge in [-0.05, 0) is 36.6 Å². The van der Waals surface area contributed by atoms with Crippen LogP contribution in [0.15, 0.2) is 17.0 Å². The smallest absolute Gasteiger partial charge is 0.241 e. The molecule has 2 rings (SSSR count). The number of aromatic amines is 1. The van der Waals surface area contributed by atoms with Crippen LogP contribution in [0.1, 0.15) is 22.5 Å². The molecule has 0 spiro atoms. The van der Waals surface area contributed by atoms with Crippen molar-refractivity contribution >= 4 is 10.0 Å². The largest absolute Gasteiger partial charge is 0.392 e. The Morgan fingerprint density at radius 2 is 2.05 bits per heavy atom. The second-order valence-electron chi connectivity index (χ2n) is 4.35. The van der Waals surface area contributed by atoms with Gasteiger partial charge in [-0.1, -0.05) is 11.3 Å². The molecule has 0 unspecified atom stereocenters. The first-order valence-corrected chi connectivity index (χ1v) is 7.35. The monoisotopic (exact) mass is 297 g/mol. The van der Waals surface area contributed by atoms with Gasteiger partial charge in [0.1, 0.15) is 0 Å². The van der Waals surface area contributed by atoms with E-state index >= 15 is 0 Å². The molecule has 1 aromatic carbocycles. The second-order valence-corrected chi connectivity index (χ2v) is 6.09.